The summed E-state index contributed by atoms with van der Waals surface area (Å²) in [6.45, 7) is 6.79. The summed E-state index contributed by atoms with van der Waals surface area (Å²) in [6.07, 6.45) is 4.53. The van der Waals surface area contributed by atoms with Crippen molar-refractivity contribution in [2.45, 2.75) is 57.6 Å². The molecule has 1 aromatic heterocycles. The van der Waals surface area contributed by atoms with Gasteiger partial charge in [-0.25, -0.2) is 0 Å². The highest BCUT2D eigenvalue weighted by Crippen LogP contribution is 2.39. The van der Waals surface area contributed by atoms with Gasteiger partial charge in [-0.3, -0.25) is 9.59 Å². The van der Waals surface area contributed by atoms with Gasteiger partial charge in [-0.1, -0.05) is 48.5 Å². The van der Waals surface area contributed by atoms with Gasteiger partial charge in [0, 0.05) is 37.3 Å². The van der Waals surface area contributed by atoms with Crippen molar-refractivity contribution in [3.63, 3.8) is 0 Å². The number of benzene rings is 3. The average molecular weight is 538 g/mol. The van der Waals surface area contributed by atoms with Crippen LogP contribution in [0.3, 0.4) is 0 Å². The van der Waals surface area contributed by atoms with E-state index in [-0.39, 0.29) is 17.0 Å². The number of amides is 2. The Bertz CT molecular complexity index is 1510. The summed E-state index contributed by atoms with van der Waals surface area (Å²) in [6, 6.07) is 25.3. The Hall–Kier alpha value is -3.90. The second kappa shape index (κ2) is 10.9. The van der Waals surface area contributed by atoms with Crippen LogP contribution in [-0.4, -0.2) is 53.6 Å². The van der Waals surface area contributed by atoms with Gasteiger partial charge in [0.05, 0.1) is 11.1 Å². The van der Waals surface area contributed by atoms with Crippen LogP contribution in [0.25, 0.3) is 27.7 Å². The second-order valence-corrected chi connectivity index (χ2v) is 11.9. The number of carbonyl (C=O) groups excluding carboxylic acids is 2. The summed E-state index contributed by atoms with van der Waals surface area (Å²) in [7, 11) is 3.58. The van der Waals surface area contributed by atoms with E-state index < -0.39 is 0 Å². The summed E-state index contributed by atoms with van der Waals surface area (Å²) >= 11 is 0. The topological polar surface area (TPSA) is 63.6 Å². The van der Waals surface area contributed by atoms with E-state index in [1.54, 1.807) is 7.11 Å². The molecular weight excluding hydrogens is 498 g/mol. The molecule has 0 radical (unpaired) electrons. The molecule has 1 fully saturated rings. The molecule has 0 saturated heterocycles. The van der Waals surface area contributed by atoms with Gasteiger partial charge in [-0.05, 0) is 93.0 Å². The third-order valence-corrected chi connectivity index (χ3v) is 7.99. The van der Waals surface area contributed by atoms with E-state index in [2.05, 4.69) is 76.6 Å². The van der Waals surface area contributed by atoms with Crippen LogP contribution in [-0.2, 0) is 22.4 Å². The van der Waals surface area contributed by atoms with E-state index in [9.17, 15) is 9.59 Å². The standard InChI is InChI=1S/C29H27N3O2.C5H12O/c1-31-16-13-24-25-17-22(21-5-3-2-4-6-21)9-12-26(25)32(27(24)28(31)34)23-10-7-20(8-11-23)18-29(14-15-29)30-19-33;1-5(2,3)6-4/h2-12,17,19H,13-16,18H2,1H3,(H,30,33);1-4H3. The molecule has 0 unspecified atom stereocenters. The van der Waals surface area contributed by atoms with E-state index in [0.29, 0.717) is 0 Å². The molecule has 4 aromatic rings. The number of carbonyl (C=O) groups is 2. The lowest BCUT2D eigenvalue weighted by Gasteiger charge is -2.24. The molecule has 6 heteroatoms. The Balaban J connectivity index is 0.000000487. The molecule has 3 aromatic carbocycles. The van der Waals surface area contributed by atoms with E-state index in [0.717, 1.165) is 72.0 Å². The number of fused-ring (bicyclic) bond motifs is 3. The maximum atomic E-state index is 13.3. The van der Waals surface area contributed by atoms with Crippen LogP contribution >= 0.6 is 0 Å². The molecule has 1 N–H and O–H groups in total. The van der Waals surface area contributed by atoms with Gasteiger partial charge in [-0.15, -0.1) is 0 Å². The van der Waals surface area contributed by atoms with Crippen molar-refractivity contribution >= 4 is 23.2 Å². The Morgan fingerprint density at radius 2 is 1.65 bits per heavy atom. The lowest BCUT2D eigenvalue weighted by molar-refractivity contribution is -0.110. The first kappa shape index (κ1) is 27.7. The van der Waals surface area contributed by atoms with E-state index in [4.69, 9.17) is 4.74 Å². The molecule has 6 rings (SSSR count). The molecule has 0 bridgehead atoms. The molecule has 2 aliphatic rings. The van der Waals surface area contributed by atoms with Crippen molar-refractivity contribution < 1.29 is 14.3 Å². The number of hydrogen-bond acceptors (Lipinski definition) is 3. The number of hydrogen-bond donors (Lipinski definition) is 1. The SMILES string of the molecule is CN1CCc2c(n(-c3ccc(CC4(NC=O)CC4)cc3)c3ccc(-c4ccccc4)cc23)C1=O.COC(C)(C)C. The average Bonchev–Trinajstić information content (AvgIpc) is 3.63. The molecular formula is C34H39N3O3. The molecule has 1 saturated carbocycles. The zero-order valence-corrected chi connectivity index (χ0v) is 24.2. The zero-order valence-electron chi connectivity index (χ0n) is 24.2. The normalized spacial score (nSPS) is 15.7. The molecule has 6 nitrogen and oxygen atoms in total. The number of nitrogens with zero attached hydrogens (tertiary/aromatic N) is 2. The lowest BCUT2D eigenvalue weighted by atomic mass is 9.99. The first-order chi connectivity index (χ1) is 19.1. The Morgan fingerprint density at radius 1 is 0.975 bits per heavy atom. The summed E-state index contributed by atoms with van der Waals surface area (Å²) < 4.78 is 7.06. The van der Waals surface area contributed by atoms with Gasteiger partial charge in [0.25, 0.3) is 5.91 Å². The predicted octanol–water partition coefficient (Wildman–Crippen LogP) is 6.18. The third kappa shape index (κ3) is 5.68. The maximum absolute atomic E-state index is 13.3. The minimum atomic E-state index is -0.0743. The molecule has 1 aliphatic heterocycles. The van der Waals surface area contributed by atoms with Crippen LogP contribution in [0.2, 0.25) is 0 Å². The van der Waals surface area contributed by atoms with Crippen molar-refractivity contribution in [1.29, 1.82) is 0 Å². The Labute approximate surface area is 236 Å². The molecule has 1 aliphatic carbocycles. The van der Waals surface area contributed by atoms with Crippen molar-refractivity contribution in [1.82, 2.24) is 14.8 Å². The summed E-state index contributed by atoms with van der Waals surface area (Å²) in [4.78, 5) is 26.1. The number of rotatable bonds is 6. The zero-order chi connectivity index (χ0) is 28.5. The maximum Gasteiger partial charge on any atom is 0.270 e. The molecule has 0 spiro atoms. The van der Waals surface area contributed by atoms with Crippen molar-refractivity contribution in [2.24, 2.45) is 0 Å². The van der Waals surface area contributed by atoms with Gasteiger partial charge in [0.1, 0.15) is 5.69 Å². The molecule has 2 heterocycles. The first-order valence-electron chi connectivity index (χ1n) is 14.0. The fraction of sp³-hybridized carbons (Fsp3) is 0.353. The largest absolute Gasteiger partial charge is 0.379 e. The second-order valence-electron chi connectivity index (χ2n) is 11.9. The van der Waals surface area contributed by atoms with Crippen molar-refractivity contribution in [3.05, 3.63) is 89.6 Å². The van der Waals surface area contributed by atoms with Gasteiger partial charge in [0.15, 0.2) is 0 Å². The third-order valence-electron chi connectivity index (χ3n) is 7.99. The number of methoxy groups -OCH3 is 1. The quantitative estimate of drug-likeness (QED) is 0.299. The molecule has 40 heavy (non-hydrogen) atoms. The summed E-state index contributed by atoms with van der Waals surface area (Å²) in [5.74, 6) is 0.0647. The first-order valence-corrected chi connectivity index (χ1v) is 14.0. The van der Waals surface area contributed by atoms with E-state index in [1.807, 2.05) is 38.8 Å². The number of ether oxygens (including phenoxy) is 1. The Morgan fingerprint density at radius 3 is 2.25 bits per heavy atom. The highest BCUT2D eigenvalue weighted by atomic mass is 16.5. The smallest absolute Gasteiger partial charge is 0.270 e. The fourth-order valence-corrected chi connectivity index (χ4v) is 5.28. The van der Waals surface area contributed by atoms with E-state index >= 15 is 0 Å². The minimum absolute atomic E-state index is 0.0417. The highest BCUT2D eigenvalue weighted by molar-refractivity contribution is 6.04. The van der Waals surface area contributed by atoms with Crippen LogP contribution < -0.4 is 5.32 Å². The number of likely N-dealkylation sites (N-methyl/N-ethyl adjacent to an activating group) is 1. The minimum Gasteiger partial charge on any atom is -0.379 e. The van der Waals surface area contributed by atoms with Crippen molar-refractivity contribution in [2.75, 3.05) is 20.7 Å². The monoisotopic (exact) mass is 537 g/mol. The lowest BCUT2D eigenvalue weighted by Crippen LogP contribution is -2.35. The van der Waals surface area contributed by atoms with Crippen LogP contribution in [0.5, 0.6) is 0 Å². The van der Waals surface area contributed by atoms with E-state index in [1.165, 1.54) is 11.1 Å². The highest BCUT2D eigenvalue weighted by Gasteiger charge is 2.42. The van der Waals surface area contributed by atoms with Crippen LogP contribution in [0, 0.1) is 0 Å². The summed E-state index contributed by atoms with van der Waals surface area (Å²) in [5.41, 5.74) is 7.43. The van der Waals surface area contributed by atoms with Gasteiger partial charge in [-0.2, -0.15) is 0 Å². The molecule has 208 valence electrons. The Kier molecular flexibility index (Phi) is 7.56. The van der Waals surface area contributed by atoms with Crippen LogP contribution in [0.15, 0.2) is 72.8 Å². The predicted molar refractivity (Wildman–Crippen MR) is 161 cm³/mol. The van der Waals surface area contributed by atoms with Gasteiger partial charge >= 0.3 is 0 Å². The molecule has 0 atom stereocenters. The van der Waals surface area contributed by atoms with Crippen LogP contribution in [0.4, 0.5) is 0 Å². The van der Waals surface area contributed by atoms with Crippen LogP contribution in [0.1, 0.15) is 55.2 Å². The summed E-state index contributed by atoms with van der Waals surface area (Å²) in [5, 5.41) is 4.13. The van der Waals surface area contributed by atoms with Gasteiger partial charge in [0.2, 0.25) is 6.41 Å². The fourth-order valence-electron chi connectivity index (χ4n) is 5.28. The number of nitrogens with one attached hydrogen (secondary N) is 1. The van der Waals surface area contributed by atoms with Gasteiger partial charge < -0.3 is 19.5 Å². The molecule has 2 amide bonds. The number of aromatic nitrogens is 1. The van der Waals surface area contributed by atoms with Crippen molar-refractivity contribution in [3.8, 4) is 16.8 Å².